The molecule has 1 aromatic carbocycles. The lowest BCUT2D eigenvalue weighted by molar-refractivity contribution is -0.385. The van der Waals surface area contributed by atoms with E-state index in [4.69, 9.17) is 0 Å². The molecule has 0 atom stereocenters. The molecule has 112 valence electrons. The minimum Gasteiger partial charge on any atom is -0.389 e. The van der Waals surface area contributed by atoms with Crippen LogP contribution in [0.25, 0.3) is 0 Å². The maximum atomic E-state index is 12.4. The van der Waals surface area contributed by atoms with E-state index in [1.807, 2.05) is 0 Å². The molecule has 0 saturated carbocycles. The van der Waals surface area contributed by atoms with Gasteiger partial charge in [0.05, 0.1) is 15.4 Å². The summed E-state index contributed by atoms with van der Waals surface area (Å²) in [6.45, 7) is 4.25. The van der Waals surface area contributed by atoms with Crippen LogP contribution in [-0.2, 0) is 10.0 Å². The van der Waals surface area contributed by atoms with E-state index in [1.165, 1.54) is 46.0 Å². The predicted octanol–water partition coefficient (Wildman–Crippen LogP) is 1.29. The maximum Gasteiger partial charge on any atom is 0.273 e. The first-order chi connectivity index (χ1) is 8.97. The minimum absolute atomic E-state index is 0.0834. The van der Waals surface area contributed by atoms with Gasteiger partial charge in [0, 0.05) is 25.2 Å². The Morgan fingerprint density at radius 3 is 2.40 bits per heavy atom. The number of sulfonamides is 1. The van der Waals surface area contributed by atoms with Crippen molar-refractivity contribution in [2.24, 2.45) is 0 Å². The fourth-order valence-electron chi connectivity index (χ4n) is 1.88. The van der Waals surface area contributed by atoms with Crippen molar-refractivity contribution in [1.82, 2.24) is 4.31 Å². The van der Waals surface area contributed by atoms with E-state index in [-0.39, 0.29) is 22.7 Å². The molecule has 0 aliphatic rings. The number of nitrogens with zero attached hydrogens (tertiary/aromatic N) is 2. The van der Waals surface area contributed by atoms with Crippen molar-refractivity contribution in [3.8, 4) is 0 Å². The van der Waals surface area contributed by atoms with E-state index < -0.39 is 20.5 Å². The first-order valence-corrected chi connectivity index (χ1v) is 7.33. The van der Waals surface area contributed by atoms with Gasteiger partial charge in [-0.3, -0.25) is 10.1 Å². The zero-order chi connectivity index (χ0) is 15.7. The van der Waals surface area contributed by atoms with Crippen molar-refractivity contribution in [2.75, 3.05) is 13.6 Å². The largest absolute Gasteiger partial charge is 0.389 e. The molecule has 20 heavy (non-hydrogen) atoms. The second-order valence-corrected chi connectivity index (χ2v) is 7.24. The summed E-state index contributed by atoms with van der Waals surface area (Å²) in [5, 5.41) is 20.6. The third kappa shape index (κ3) is 3.53. The Bertz CT molecular complexity index is 619. The van der Waals surface area contributed by atoms with Crippen LogP contribution in [0.3, 0.4) is 0 Å². The van der Waals surface area contributed by atoms with Gasteiger partial charge in [-0.1, -0.05) is 6.07 Å². The van der Waals surface area contributed by atoms with E-state index in [9.17, 15) is 23.6 Å². The topological polar surface area (TPSA) is 101 Å². The molecule has 1 aromatic rings. The van der Waals surface area contributed by atoms with Crippen molar-refractivity contribution < 1.29 is 18.4 Å². The molecule has 7 nitrogen and oxygen atoms in total. The number of likely N-dealkylation sites (N-methyl/N-ethyl adjacent to an activating group) is 1. The molecule has 0 aliphatic carbocycles. The highest BCUT2D eigenvalue weighted by molar-refractivity contribution is 7.89. The molecule has 0 aromatic heterocycles. The molecule has 0 radical (unpaired) electrons. The van der Waals surface area contributed by atoms with Crippen LogP contribution in [-0.4, -0.2) is 41.9 Å². The van der Waals surface area contributed by atoms with E-state index in [0.717, 1.165) is 4.31 Å². The van der Waals surface area contributed by atoms with Crippen molar-refractivity contribution in [2.45, 2.75) is 31.3 Å². The Labute approximate surface area is 118 Å². The molecule has 0 spiro atoms. The highest BCUT2D eigenvalue weighted by Crippen LogP contribution is 2.27. The van der Waals surface area contributed by atoms with Gasteiger partial charge in [0.25, 0.3) is 5.69 Å². The van der Waals surface area contributed by atoms with Crippen LogP contribution in [0.4, 0.5) is 5.69 Å². The highest BCUT2D eigenvalue weighted by atomic mass is 32.2. The van der Waals surface area contributed by atoms with E-state index in [0.29, 0.717) is 0 Å². The molecule has 1 rings (SSSR count). The fraction of sp³-hybridized carbons (Fsp3) is 0.500. The smallest absolute Gasteiger partial charge is 0.273 e. The molecule has 1 N–H and O–H groups in total. The molecule has 0 amide bonds. The zero-order valence-electron chi connectivity index (χ0n) is 11.8. The first-order valence-electron chi connectivity index (χ1n) is 5.89. The third-order valence-corrected chi connectivity index (χ3v) is 4.70. The van der Waals surface area contributed by atoms with Crippen LogP contribution in [0.1, 0.15) is 19.4 Å². The zero-order valence-corrected chi connectivity index (χ0v) is 12.6. The molecular formula is C12H18N2O5S. The van der Waals surface area contributed by atoms with Gasteiger partial charge >= 0.3 is 0 Å². The van der Waals surface area contributed by atoms with E-state index in [2.05, 4.69) is 0 Å². The molecule has 8 heteroatoms. The minimum atomic E-state index is -3.89. The fourth-order valence-corrected chi connectivity index (χ4v) is 3.44. The summed E-state index contributed by atoms with van der Waals surface area (Å²) in [6.07, 6.45) is 0. The second kappa shape index (κ2) is 5.47. The Morgan fingerprint density at radius 1 is 1.40 bits per heavy atom. The van der Waals surface area contributed by atoms with Gasteiger partial charge in [0.15, 0.2) is 0 Å². The summed E-state index contributed by atoms with van der Waals surface area (Å²) in [6, 6.07) is 3.90. The third-order valence-electron chi connectivity index (χ3n) is 2.75. The standard InChI is InChI=1S/C12H18N2O5S/c1-9-10(14(16)17)6-5-7-11(9)20(18,19)13(4)8-12(2,3)15/h5-7,15H,8H2,1-4H3. The van der Waals surface area contributed by atoms with Gasteiger partial charge < -0.3 is 5.11 Å². The summed E-state index contributed by atoms with van der Waals surface area (Å²) in [7, 11) is -2.56. The van der Waals surface area contributed by atoms with Crippen molar-refractivity contribution in [3.63, 3.8) is 0 Å². The lowest BCUT2D eigenvalue weighted by Gasteiger charge is -2.25. The lowest BCUT2D eigenvalue weighted by atomic mass is 10.1. The van der Waals surface area contributed by atoms with Crippen LogP contribution in [0.5, 0.6) is 0 Å². The molecule has 0 bridgehead atoms. The quantitative estimate of drug-likeness (QED) is 0.652. The molecule has 0 fully saturated rings. The van der Waals surface area contributed by atoms with Crippen LogP contribution in [0.2, 0.25) is 0 Å². The number of nitro groups is 1. The average molecular weight is 302 g/mol. The molecule has 0 saturated heterocycles. The first kappa shape index (κ1) is 16.5. The highest BCUT2D eigenvalue weighted by Gasteiger charge is 2.29. The number of aliphatic hydroxyl groups is 1. The number of benzene rings is 1. The average Bonchev–Trinajstić information content (AvgIpc) is 2.26. The second-order valence-electron chi connectivity index (χ2n) is 5.23. The van der Waals surface area contributed by atoms with Gasteiger partial charge in [-0.05, 0) is 26.8 Å². The van der Waals surface area contributed by atoms with Gasteiger partial charge in [0.2, 0.25) is 10.0 Å². The normalized spacial score (nSPS) is 12.7. The lowest BCUT2D eigenvalue weighted by Crippen LogP contribution is -2.39. The predicted molar refractivity (Wildman–Crippen MR) is 73.9 cm³/mol. The van der Waals surface area contributed by atoms with Crippen LogP contribution >= 0.6 is 0 Å². The monoisotopic (exact) mass is 302 g/mol. The summed E-state index contributed by atoms with van der Waals surface area (Å²) < 4.78 is 25.8. The maximum absolute atomic E-state index is 12.4. The SMILES string of the molecule is Cc1c([N+](=O)[O-])cccc1S(=O)(=O)N(C)CC(C)(C)O. The van der Waals surface area contributed by atoms with Crippen molar-refractivity contribution >= 4 is 15.7 Å². The van der Waals surface area contributed by atoms with Crippen LogP contribution in [0.15, 0.2) is 23.1 Å². The van der Waals surface area contributed by atoms with Gasteiger partial charge in [0.1, 0.15) is 0 Å². The number of nitro benzene ring substituents is 1. The molecule has 0 heterocycles. The van der Waals surface area contributed by atoms with Gasteiger partial charge in [-0.15, -0.1) is 0 Å². The summed E-state index contributed by atoms with van der Waals surface area (Å²) in [5.74, 6) is 0. The van der Waals surface area contributed by atoms with Crippen molar-refractivity contribution in [3.05, 3.63) is 33.9 Å². The number of hydrogen-bond acceptors (Lipinski definition) is 5. The summed E-state index contributed by atoms with van der Waals surface area (Å²) in [4.78, 5) is 10.1. The Morgan fingerprint density at radius 2 is 1.95 bits per heavy atom. The number of rotatable bonds is 5. The Balaban J connectivity index is 3.30. The molecular weight excluding hydrogens is 284 g/mol. The van der Waals surface area contributed by atoms with Gasteiger partial charge in [-0.25, -0.2) is 8.42 Å². The van der Waals surface area contributed by atoms with Crippen LogP contribution < -0.4 is 0 Å². The molecule has 0 aliphatic heterocycles. The van der Waals surface area contributed by atoms with Crippen LogP contribution in [0, 0.1) is 17.0 Å². The molecule has 0 unspecified atom stereocenters. The Kier molecular flexibility index (Phi) is 4.52. The Hall–Kier alpha value is -1.51. The van der Waals surface area contributed by atoms with Gasteiger partial charge in [-0.2, -0.15) is 4.31 Å². The number of hydrogen-bond donors (Lipinski definition) is 1. The van der Waals surface area contributed by atoms with E-state index >= 15 is 0 Å². The summed E-state index contributed by atoms with van der Waals surface area (Å²) in [5.41, 5.74) is -1.36. The van der Waals surface area contributed by atoms with E-state index in [1.54, 1.807) is 0 Å². The summed E-state index contributed by atoms with van der Waals surface area (Å²) >= 11 is 0. The van der Waals surface area contributed by atoms with Crippen molar-refractivity contribution in [1.29, 1.82) is 0 Å².